The van der Waals surface area contributed by atoms with Gasteiger partial charge in [0, 0.05) is 29.0 Å². The highest BCUT2D eigenvalue weighted by molar-refractivity contribution is 5.77. The largest absolute Gasteiger partial charge is 0.493 e. The summed E-state index contributed by atoms with van der Waals surface area (Å²) in [5.74, 6) is -4.31. The van der Waals surface area contributed by atoms with E-state index < -0.39 is 41.1 Å². The first kappa shape index (κ1) is 27.0. The maximum absolute atomic E-state index is 14.5. The van der Waals surface area contributed by atoms with Crippen molar-refractivity contribution in [1.82, 2.24) is 14.8 Å². The number of aromatic nitrogens is 2. The first-order chi connectivity index (χ1) is 18.8. The third-order valence-electron chi connectivity index (χ3n) is 5.94. The maximum atomic E-state index is 14.5. The molecule has 0 atom stereocenters. The summed E-state index contributed by atoms with van der Waals surface area (Å²) in [5.41, 5.74) is -1.74. The van der Waals surface area contributed by atoms with Gasteiger partial charge in [0.1, 0.15) is 17.3 Å². The molecule has 1 aliphatic rings. The lowest BCUT2D eigenvalue weighted by Gasteiger charge is -2.24. The number of nitrogens with zero attached hydrogens (tertiary/aromatic N) is 3. The fourth-order valence-electron chi connectivity index (χ4n) is 4.18. The number of carbonyl (C=O) groups is 1. The van der Waals surface area contributed by atoms with E-state index in [4.69, 9.17) is 4.52 Å². The van der Waals surface area contributed by atoms with Crippen LogP contribution in [0, 0.1) is 11.6 Å². The van der Waals surface area contributed by atoms with Crippen LogP contribution in [-0.4, -0.2) is 26.9 Å². The van der Waals surface area contributed by atoms with E-state index in [1.54, 1.807) is 0 Å². The molecule has 4 aromatic rings. The summed E-state index contributed by atoms with van der Waals surface area (Å²) < 4.78 is 113. The van der Waals surface area contributed by atoms with Gasteiger partial charge in [0.2, 0.25) is 0 Å². The molecule has 0 unspecified atom stereocenters. The average molecular weight is 569 g/mol. The molecule has 208 valence electrons. The molecule has 5 rings (SSSR count). The molecule has 0 saturated carbocycles. The van der Waals surface area contributed by atoms with Crippen molar-refractivity contribution in [2.75, 3.05) is 0 Å². The lowest BCUT2D eigenvalue weighted by atomic mass is 10.0. The summed E-state index contributed by atoms with van der Waals surface area (Å²) >= 11 is 0. The van der Waals surface area contributed by atoms with E-state index in [0.29, 0.717) is 16.4 Å². The third kappa shape index (κ3) is 5.28. The van der Waals surface area contributed by atoms with Crippen molar-refractivity contribution in [2.45, 2.75) is 25.4 Å². The van der Waals surface area contributed by atoms with Gasteiger partial charge in [0.05, 0.1) is 30.0 Å². The van der Waals surface area contributed by atoms with E-state index in [0.717, 1.165) is 18.2 Å². The highest BCUT2D eigenvalue weighted by atomic mass is 19.4. The average Bonchev–Trinajstić information content (AvgIpc) is 3.48. The predicted molar refractivity (Wildman–Crippen MR) is 123 cm³/mol. The quantitative estimate of drug-likeness (QED) is 0.253. The standard InChI is InChI=1S/C26H15F8N3O3/c27-15-5-6-17(19(10-15)25(29,30)31)21-11-16(39-35-21)12-36-8-7-14-9-22(18-3-1-2-4-20(18)28)37(23(14)13-36)40-24(38)26(32,33)34/h1-11H,12-13H2. The Labute approximate surface area is 219 Å². The van der Waals surface area contributed by atoms with Crippen LogP contribution in [0.3, 0.4) is 0 Å². The van der Waals surface area contributed by atoms with Crippen LogP contribution in [0.5, 0.6) is 0 Å². The van der Waals surface area contributed by atoms with E-state index >= 15 is 0 Å². The number of fused-ring (bicyclic) bond motifs is 1. The van der Waals surface area contributed by atoms with Gasteiger partial charge in [0.25, 0.3) is 0 Å². The highest BCUT2D eigenvalue weighted by Crippen LogP contribution is 2.38. The zero-order chi connectivity index (χ0) is 28.8. The fourth-order valence-corrected chi connectivity index (χ4v) is 4.18. The molecule has 2 aromatic heterocycles. The van der Waals surface area contributed by atoms with Crippen molar-refractivity contribution < 1.29 is 49.3 Å². The zero-order valence-corrected chi connectivity index (χ0v) is 19.9. The molecule has 0 fully saturated rings. The molecule has 3 heterocycles. The van der Waals surface area contributed by atoms with Crippen LogP contribution in [0.2, 0.25) is 0 Å². The number of hydrogen-bond donors (Lipinski definition) is 0. The number of rotatable bonds is 5. The van der Waals surface area contributed by atoms with Crippen LogP contribution < -0.4 is 4.84 Å². The Hall–Kier alpha value is -4.62. The molecule has 0 bridgehead atoms. The molecule has 0 amide bonds. The zero-order valence-electron chi connectivity index (χ0n) is 19.9. The summed E-state index contributed by atoms with van der Waals surface area (Å²) in [6.07, 6.45) is -7.21. The van der Waals surface area contributed by atoms with Gasteiger partial charge in [-0.2, -0.15) is 31.1 Å². The molecular weight excluding hydrogens is 554 g/mol. The number of benzene rings is 2. The van der Waals surface area contributed by atoms with Gasteiger partial charge in [-0.05, 0) is 42.5 Å². The minimum Gasteiger partial charge on any atom is -0.364 e. The summed E-state index contributed by atoms with van der Waals surface area (Å²) in [5, 5.41) is 3.65. The highest BCUT2D eigenvalue weighted by Gasteiger charge is 2.43. The number of halogens is 8. The van der Waals surface area contributed by atoms with E-state index in [-0.39, 0.29) is 41.5 Å². The van der Waals surface area contributed by atoms with Crippen LogP contribution in [0.25, 0.3) is 28.6 Å². The van der Waals surface area contributed by atoms with Crippen LogP contribution in [0.1, 0.15) is 22.6 Å². The first-order valence-electron chi connectivity index (χ1n) is 11.4. The van der Waals surface area contributed by atoms with Gasteiger partial charge in [0.15, 0.2) is 5.76 Å². The van der Waals surface area contributed by atoms with Gasteiger partial charge >= 0.3 is 18.3 Å². The Morgan fingerprint density at radius 1 is 0.975 bits per heavy atom. The smallest absolute Gasteiger partial charge is 0.364 e. The molecular formula is C26H15F8N3O3. The lowest BCUT2D eigenvalue weighted by molar-refractivity contribution is -0.200. The second-order valence-electron chi connectivity index (χ2n) is 8.67. The topological polar surface area (TPSA) is 60.5 Å². The molecule has 40 heavy (non-hydrogen) atoms. The normalized spacial score (nSPS) is 13.4. The Bertz CT molecular complexity index is 1620. The molecule has 1 aliphatic heterocycles. The molecule has 0 radical (unpaired) electrons. The van der Waals surface area contributed by atoms with Gasteiger partial charge in [-0.1, -0.05) is 17.3 Å². The molecule has 2 aromatic carbocycles. The molecule has 0 N–H and O–H groups in total. The van der Waals surface area contributed by atoms with Crippen molar-refractivity contribution in [3.8, 4) is 22.5 Å². The Morgan fingerprint density at radius 3 is 2.42 bits per heavy atom. The van der Waals surface area contributed by atoms with Crippen molar-refractivity contribution in [3.63, 3.8) is 0 Å². The van der Waals surface area contributed by atoms with Gasteiger partial charge in [-0.3, -0.25) is 0 Å². The summed E-state index contributed by atoms with van der Waals surface area (Å²) in [6, 6.07) is 9.88. The van der Waals surface area contributed by atoms with Crippen LogP contribution in [0.4, 0.5) is 35.1 Å². The number of alkyl halides is 6. The second kappa shape index (κ2) is 9.84. The predicted octanol–water partition coefficient (Wildman–Crippen LogP) is 6.61. The van der Waals surface area contributed by atoms with Crippen molar-refractivity contribution in [3.05, 3.63) is 95.0 Å². The first-order valence-corrected chi connectivity index (χ1v) is 11.4. The molecule has 0 spiro atoms. The number of carbonyl (C=O) groups excluding carboxylic acids is 1. The van der Waals surface area contributed by atoms with Crippen LogP contribution in [-0.2, 0) is 24.1 Å². The molecule has 6 nitrogen and oxygen atoms in total. The van der Waals surface area contributed by atoms with E-state index in [9.17, 15) is 39.9 Å². The lowest BCUT2D eigenvalue weighted by Crippen LogP contribution is -2.35. The van der Waals surface area contributed by atoms with Crippen molar-refractivity contribution >= 4 is 12.0 Å². The van der Waals surface area contributed by atoms with E-state index in [1.165, 1.54) is 47.5 Å². The van der Waals surface area contributed by atoms with Crippen molar-refractivity contribution in [2.24, 2.45) is 0 Å². The Kier molecular flexibility index (Phi) is 6.64. The molecule has 14 heteroatoms. The maximum Gasteiger partial charge on any atom is 0.493 e. The fraction of sp³-hybridized carbons (Fsp3) is 0.154. The monoisotopic (exact) mass is 569 g/mol. The van der Waals surface area contributed by atoms with Crippen LogP contribution >= 0.6 is 0 Å². The van der Waals surface area contributed by atoms with E-state index in [2.05, 4.69) is 9.99 Å². The SMILES string of the molecule is O=C(On1c(-c2ccccc2F)cc2c1CN(Cc1cc(-c3ccc(F)cc3C(F)(F)F)no1)C=C2)C(F)(F)F. The number of hydrogen-bond acceptors (Lipinski definition) is 5. The minimum atomic E-state index is -5.33. The van der Waals surface area contributed by atoms with Gasteiger partial charge < -0.3 is 14.3 Å². The van der Waals surface area contributed by atoms with E-state index in [1.807, 2.05) is 0 Å². The molecule has 0 saturated heterocycles. The minimum absolute atomic E-state index is 0.0657. The summed E-state index contributed by atoms with van der Waals surface area (Å²) in [6.45, 7) is -0.273. The Morgan fingerprint density at radius 2 is 1.73 bits per heavy atom. The van der Waals surface area contributed by atoms with Gasteiger partial charge in [-0.25, -0.2) is 13.6 Å². The van der Waals surface area contributed by atoms with Crippen LogP contribution in [0.15, 0.2) is 65.3 Å². The third-order valence-corrected chi connectivity index (χ3v) is 5.94. The van der Waals surface area contributed by atoms with Gasteiger partial charge in [-0.15, -0.1) is 0 Å². The summed E-state index contributed by atoms with van der Waals surface area (Å²) in [4.78, 5) is 17.8. The summed E-state index contributed by atoms with van der Waals surface area (Å²) in [7, 11) is 0. The second-order valence-corrected chi connectivity index (χ2v) is 8.67. The molecule has 0 aliphatic carbocycles. The Balaban J connectivity index is 1.44. The van der Waals surface area contributed by atoms with Crippen molar-refractivity contribution in [1.29, 1.82) is 0 Å².